The van der Waals surface area contributed by atoms with E-state index in [0.717, 1.165) is 11.3 Å². The summed E-state index contributed by atoms with van der Waals surface area (Å²) in [5.41, 5.74) is 2.87. The molecule has 0 saturated carbocycles. The number of carbonyl (C=O) groups excluding carboxylic acids is 1. The van der Waals surface area contributed by atoms with Crippen molar-refractivity contribution in [2.24, 2.45) is 0 Å². The van der Waals surface area contributed by atoms with Gasteiger partial charge in [0, 0.05) is 42.1 Å². The van der Waals surface area contributed by atoms with Crippen LogP contribution < -0.4 is 9.62 Å². The number of nitrogens with zero attached hydrogens (tertiary/aromatic N) is 3. The molecule has 0 atom stereocenters. The number of hydrogen-bond donors (Lipinski definition) is 1. The Bertz CT molecular complexity index is 1140. The molecule has 1 saturated heterocycles. The van der Waals surface area contributed by atoms with Crippen LogP contribution in [0.5, 0.6) is 0 Å². The Morgan fingerprint density at radius 1 is 1.26 bits per heavy atom. The summed E-state index contributed by atoms with van der Waals surface area (Å²) in [7, 11) is -3.68. The number of nitrogens with one attached hydrogen (secondary N) is 1. The minimum Gasteiger partial charge on any atom is -0.444 e. The molecule has 0 unspecified atom stereocenters. The van der Waals surface area contributed by atoms with Crippen LogP contribution in [0, 0.1) is 0 Å². The van der Waals surface area contributed by atoms with E-state index in [1.165, 1.54) is 16.4 Å². The van der Waals surface area contributed by atoms with Gasteiger partial charge in [-0.1, -0.05) is 17.7 Å². The van der Waals surface area contributed by atoms with Crippen molar-refractivity contribution in [1.82, 2.24) is 13.3 Å². The number of hydrogen-bond acceptors (Lipinski definition) is 7. The maximum atomic E-state index is 13.5. The molecule has 0 radical (unpaired) electrons. The van der Waals surface area contributed by atoms with Crippen molar-refractivity contribution in [3.63, 3.8) is 0 Å². The quantitative estimate of drug-likeness (QED) is 0.660. The van der Waals surface area contributed by atoms with Crippen LogP contribution in [0.1, 0.15) is 25.3 Å². The van der Waals surface area contributed by atoms with Crippen molar-refractivity contribution in [3.05, 3.63) is 63.4 Å². The number of amides is 1. The van der Waals surface area contributed by atoms with Gasteiger partial charge in [-0.05, 0) is 43.5 Å². The number of sulfonamides is 1. The first-order valence-electron chi connectivity index (χ1n) is 9.93. The van der Waals surface area contributed by atoms with E-state index in [0.29, 0.717) is 47.1 Å². The number of rotatable bonds is 3. The summed E-state index contributed by atoms with van der Waals surface area (Å²) in [5.74, 6) is 0. The molecule has 0 bridgehead atoms. The third-order valence-corrected chi connectivity index (χ3v) is 9.10. The Hall–Kier alpha value is -2.14. The molecule has 1 aromatic carbocycles. The standard InChI is InChI=1S/C20H21ClN4O4S2/c1-13-5-10-24-18(11-22-30-24)19(13)31(27,28)23-8-6-14(7-9-23)25-17-4-2-3-16(21)15(17)12-29-20(25)26/h2-5,10-11,14,22H,6-9,12H2,1H3. The van der Waals surface area contributed by atoms with E-state index in [1.807, 2.05) is 25.3 Å². The van der Waals surface area contributed by atoms with Crippen LogP contribution in [0.15, 0.2) is 52.9 Å². The third-order valence-electron chi connectivity index (χ3n) is 5.91. The van der Waals surface area contributed by atoms with Crippen LogP contribution in [0.4, 0.5) is 10.5 Å². The average Bonchev–Trinajstić information content (AvgIpc) is 3.22. The second-order valence-electron chi connectivity index (χ2n) is 7.69. The molecule has 31 heavy (non-hydrogen) atoms. The van der Waals surface area contributed by atoms with Crippen molar-refractivity contribution < 1.29 is 17.9 Å². The number of fused-ring (bicyclic) bond motifs is 2. The number of benzene rings is 1. The van der Waals surface area contributed by atoms with Gasteiger partial charge in [-0.15, -0.1) is 0 Å². The van der Waals surface area contributed by atoms with Gasteiger partial charge in [0.15, 0.2) is 0 Å². The van der Waals surface area contributed by atoms with Crippen molar-refractivity contribution in [2.75, 3.05) is 18.0 Å². The van der Waals surface area contributed by atoms with E-state index in [1.54, 1.807) is 27.5 Å². The zero-order valence-corrected chi connectivity index (χ0v) is 19.1. The van der Waals surface area contributed by atoms with Gasteiger partial charge < -0.3 is 9.46 Å². The van der Waals surface area contributed by atoms with Crippen LogP contribution in [0.2, 0.25) is 5.02 Å². The minimum atomic E-state index is -3.68. The van der Waals surface area contributed by atoms with E-state index in [2.05, 4.69) is 4.72 Å². The lowest BCUT2D eigenvalue weighted by molar-refractivity contribution is 0.136. The molecule has 0 aromatic heterocycles. The molecule has 0 spiro atoms. The van der Waals surface area contributed by atoms with Crippen molar-refractivity contribution in [3.8, 4) is 0 Å². The van der Waals surface area contributed by atoms with Gasteiger partial charge in [-0.25, -0.2) is 13.2 Å². The zero-order chi connectivity index (χ0) is 21.8. The monoisotopic (exact) mass is 480 g/mol. The fourth-order valence-corrected chi connectivity index (χ4v) is 7.12. The molecule has 1 aromatic rings. The summed E-state index contributed by atoms with van der Waals surface area (Å²) in [4.78, 5) is 14.5. The number of ether oxygens (including phenoxy) is 1. The van der Waals surface area contributed by atoms with Gasteiger partial charge in [0.2, 0.25) is 10.0 Å². The predicted octanol–water partition coefficient (Wildman–Crippen LogP) is 3.70. The Labute approximate surface area is 190 Å². The summed E-state index contributed by atoms with van der Waals surface area (Å²) in [6.45, 7) is 2.60. The molecule has 8 nitrogen and oxygen atoms in total. The number of cyclic esters (lactones) is 1. The second kappa shape index (κ2) is 7.77. The van der Waals surface area contributed by atoms with E-state index < -0.39 is 16.1 Å². The molecule has 1 fully saturated rings. The molecule has 1 N–H and O–H groups in total. The SMILES string of the molecule is CC1=C(S(=O)(=O)N2CCC(N3C(=O)OCc4c(Cl)cccc43)CC2)C2=CNSN2C=C1. The molecule has 11 heteroatoms. The highest BCUT2D eigenvalue weighted by atomic mass is 35.5. The molecule has 4 heterocycles. The number of allylic oxidation sites excluding steroid dienone is 2. The van der Waals surface area contributed by atoms with Gasteiger partial charge in [0.25, 0.3) is 0 Å². The molecule has 0 aliphatic carbocycles. The summed E-state index contributed by atoms with van der Waals surface area (Å²) >= 11 is 7.62. The number of halogens is 1. The molecular weight excluding hydrogens is 460 g/mol. The van der Waals surface area contributed by atoms with Crippen LogP contribution in [-0.2, 0) is 21.4 Å². The Balaban J connectivity index is 1.37. The fraction of sp³-hybridized carbons (Fsp3) is 0.350. The van der Waals surface area contributed by atoms with Crippen LogP contribution in [0.3, 0.4) is 0 Å². The van der Waals surface area contributed by atoms with E-state index in [-0.39, 0.29) is 12.6 Å². The summed E-state index contributed by atoms with van der Waals surface area (Å²) < 4.78 is 38.6. The number of piperidine rings is 1. The van der Waals surface area contributed by atoms with Crippen molar-refractivity contribution in [1.29, 1.82) is 0 Å². The Kier molecular flexibility index (Phi) is 5.20. The van der Waals surface area contributed by atoms with Crippen molar-refractivity contribution >= 4 is 45.5 Å². The fourth-order valence-electron chi connectivity index (χ4n) is 4.35. The normalized spacial score (nSPS) is 22.1. The first-order valence-corrected chi connectivity index (χ1v) is 12.5. The number of carbonyl (C=O) groups is 1. The maximum absolute atomic E-state index is 13.5. The third kappa shape index (κ3) is 3.42. The molecule has 5 rings (SSSR count). The first kappa shape index (κ1) is 20.7. The number of anilines is 1. The first-order chi connectivity index (χ1) is 14.9. The highest BCUT2D eigenvalue weighted by Gasteiger charge is 2.40. The van der Waals surface area contributed by atoms with E-state index >= 15 is 0 Å². The summed E-state index contributed by atoms with van der Waals surface area (Å²) in [5, 5.41) is 0.559. The van der Waals surface area contributed by atoms with Gasteiger partial charge in [0.1, 0.15) is 11.5 Å². The Morgan fingerprint density at radius 2 is 2.03 bits per heavy atom. The van der Waals surface area contributed by atoms with Gasteiger partial charge in [0.05, 0.1) is 23.5 Å². The largest absolute Gasteiger partial charge is 0.444 e. The molecule has 164 valence electrons. The smallest absolute Gasteiger partial charge is 0.414 e. The van der Waals surface area contributed by atoms with Crippen LogP contribution in [-0.4, -0.2) is 42.3 Å². The molecule has 1 amide bonds. The van der Waals surface area contributed by atoms with Crippen molar-refractivity contribution in [2.45, 2.75) is 32.4 Å². The molecule has 4 aliphatic rings. The van der Waals surface area contributed by atoms with E-state index in [9.17, 15) is 13.2 Å². The van der Waals surface area contributed by atoms with Crippen LogP contribution in [0.25, 0.3) is 0 Å². The zero-order valence-electron chi connectivity index (χ0n) is 16.7. The average molecular weight is 481 g/mol. The lowest BCUT2D eigenvalue weighted by Crippen LogP contribution is -2.50. The Morgan fingerprint density at radius 3 is 2.81 bits per heavy atom. The lowest BCUT2D eigenvalue weighted by Gasteiger charge is -2.40. The minimum absolute atomic E-state index is 0.149. The van der Waals surface area contributed by atoms with Gasteiger partial charge in [-0.3, -0.25) is 9.21 Å². The highest BCUT2D eigenvalue weighted by molar-refractivity contribution is 7.96. The van der Waals surface area contributed by atoms with Gasteiger partial charge in [-0.2, -0.15) is 4.31 Å². The topological polar surface area (TPSA) is 82.2 Å². The molecule has 4 aliphatic heterocycles. The predicted molar refractivity (Wildman–Crippen MR) is 120 cm³/mol. The van der Waals surface area contributed by atoms with Crippen LogP contribution >= 0.6 is 23.7 Å². The summed E-state index contributed by atoms with van der Waals surface area (Å²) in [6, 6.07) is 5.29. The maximum Gasteiger partial charge on any atom is 0.414 e. The molecular formula is C20H21ClN4O4S2. The summed E-state index contributed by atoms with van der Waals surface area (Å²) in [6.07, 6.45) is 5.98. The highest BCUT2D eigenvalue weighted by Crippen LogP contribution is 2.39. The van der Waals surface area contributed by atoms with E-state index in [4.69, 9.17) is 16.3 Å². The second-order valence-corrected chi connectivity index (χ2v) is 10.8. The van der Waals surface area contributed by atoms with Gasteiger partial charge >= 0.3 is 6.09 Å². The lowest BCUT2D eigenvalue weighted by atomic mass is 10.0.